The lowest BCUT2D eigenvalue weighted by Gasteiger charge is -2.07. The van der Waals surface area contributed by atoms with Crippen LogP contribution in [0.25, 0.3) is 11.4 Å². The van der Waals surface area contributed by atoms with Crippen LogP contribution in [0.1, 0.15) is 31.0 Å². The number of ether oxygens (including phenoxy) is 1. The third-order valence-electron chi connectivity index (χ3n) is 3.52. The first-order chi connectivity index (χ1) is 9.78. The van der Waals surface area contributed by atoms with Crippen LogP contribution >= 0.6 is 0 Å². The summed E-state index contributed by atoms with van der Waals surface area (Å²) in [5.74, 6) is 1.45. The first-order valence-electron chi connectivity index (χ1n) is 7.13. The molecule has 2 aromatic rings. The van der Waals surface area contributed by atoms with Gasteiger partial charge in [0.25, 0.3) is 5.56 Å². The molecule has 3 rings (SSSR count). The summed E-state index contributed by atoms with van der Waals surface area (Å²) in [7, 11) is 0. The van der Waals surface area contributed by atoms with Gasteiger partial charge in [-0.1, -0.05) is 19.1 Å². The Bertz CT molecular complexity index is 676. The molecular weight excluding hydrogens is 252 g/mol. The Morgan fingerprint density at radius 3 is 3.10 bits per heavy atom. The number of aryl methyl sites for hydroxylation is 1. The van der Waals surface area contributed by atoms with Gasteiger partial charge in [-0.2, -0.15) is 0 Å². The lowest BCUT2D eigenvalue weighted by Crippen LogP contribution is -2.15. The van der Waals surface area contributed by atoms with Gasteiger partial charge in [0, 0.05) is 11.1 Å². The third kappa shape index (κ3) is 2.46. The molecule has 104 valence electrons. The average molecular weight is 270 g/mol. The predicted octanol–water partition coefficient (Wildman–Crippen LogP) is 2.71. The van der Waals surface area contributed by atoms with Crippen molar-refractivity contribution >= 4 is 0 Å². The molecule has 0 amide bonds. The number of aromatic amines is 1. The molecule has 1 aromatic heterocycles. The maximum absolute atomic E-state index is 12.0. The van der Waals surface area contributed by atoms with Crippen molar-refractivity contribution in [3.63, 3.8) is 0 Å². The Hall–Kier alpha value is -2.10. The van der Waals surface area contributed by atoms with E-state index in [1.807, 2.05) is 24.3 Å². The van der Waals surface area contributed by atoms with Crippen LogP contribution in [0.2, 0.25) is 0 Å². The second kappa shape index (κ2) is 5.49. The summed E-state index contributed by atoms with van der Waals surface area (Å²) < 4.78 is 5.62. The highest BCUT2D eigenvalue weighted by Gasteiger charge is 2.17. The summed E-state index contributed by atoms with van der Waals surface area (Å²) in [5, 5.41) is 0. The smallest absolute Gasteiger partial charge is 0.254 e. The van der Waals surface area contributed by atoms with Crippen molar-refractivity contribution in [1.29, 1.82) is 0 Å². The van der Waals surface area contributed by atoms with E-state index in [4.69, 9.17) is 4.74 Å². The quantitative estimate of drug-likeness (QED) is 0.929. The van der Waals surface area contributed by atoms with Gasteiger partial charge in [0.15, 0.2) is 0 Å². The Labute approximate surface area is 117 Å². The summed E-state index contributed by atoms with van der Waals surface area (Å²) in [5.41, 5.74) is 2.70. The van der Waals surface area contributed by atoms with E-state index in [0.717, 1.165) is 48.3 Å². The molecule has 0 saturated heterocycles. The number of hydrogen-bond acceptors (Lipinski definition) is 3. The minimum absolute atomic E-state index is 0.00220. The zero-order valence-corrected chi connectivity index (χ0v) is 11.6. The van der Waals surface area contributed by atoms with E-state index < -0.39 is 0 Å². The molecule has 0 bridgehead atoms. The van der Waals surface area contributed by atoms with Crippen LogP contribution < -0.4 is 10.3 Å². The molecule has 0 aliphatic heterocycles. The topological polar surface area (TPSA) is 55.0 Å². The molecule has 1 aliphatic carbocycles. The van der Waals surface area contributed by atoms with Crippen molar-refractivity contribution in [3.05, 3.63) is 45.9 Å². The molecule has 1 N–H and O–H groups in total. The van der Waals surface area contributed by atoms with Gasteiger partial charge in [0.05, 0.1) is 12.3 Å². The molecule has 1 heterocycles. The van der Waals surface area contributed by atoms with Gasteiger partial charge in [-0.15, -0.1) is 0 Å². The van der Waals surface area contributed by atoms with E-state index in [2.05, 4.69) is 16.9 Å². The molecule has 0 atom stereocenters. The van der Waals surface area contributed by atoms with Gasteiger partial charge >= 0.3 is 0 Å². The first-order valence-corrected chi connectivity index (χ1v) is 7.13. The number of aromatic nitrogens is 2. The number of nitrogens with zero attached hydrogens (tertiary/aromatic N) is 1. The standard InChI is InChI=1S/C16H18N2O2/c1-2-9-20-12-6-3-5-11(10-12)15-17-14-8-4-7-13(14)16(19)18-15/h3,5-6,10H,2,4,7-9H2,1H3,(H,17,18,19). The Balaban J connectivity index is 1.97. The van der Waals surface area contributed by atoms with E-state index in [1.54, 1.807) is 0 Å². The lowest BCUT2D eigenvalue weighted by atomic mass is 10.2. The van der Waals surface area contributed by atoms with E-state index in [1.165, 1.54) is 0 Å². The fourth-order valence-electron chi connectivity index (χ4n) is 2.53. The molecule has 20 heavy (non-hydrogen) atoms. The highest BCUT2D eigenvalue weighted by atomic mass is 16.5. The minimum Gasteiger partial charge on any atom is -0.494 e. The molecule has 0 saturated carbocycles. The van der Waals surface area contributed by atoms with E-state index in [0.29, 0.717) is 12.4 Å². The third-order valence-corrected chi connectivity index (χ3v) is 3.52. The maximum Gasteiger partial charge on any atom is 0.254 e. The summed E-state index contributed by atoms with van der Waals surface area (Å²) in [6.07, 6.45) is 3.74. The van der Waals surface area contributed by atoms with Gasteiger partial charge in [-0.3, -0.25) is 4.79 Å². The van der Waals surface area contributed by atoms with Crippen molar-refractivity contribution in [2.75, 3.05) is 6.61 Å². The Kier molecular flexibility index (Phi) is 3.54. The van der Waals surface area contributed by atoms with Crippen molar-refractivity contribution in [2.45, 2.75) is 32.6 Å². The zero-order chi connectivity index (χ0) is 13.9. The van der Waals surface area contributed by atoms with Crippen LogP contribution in [0, 0.1) is 0 Å². The second-order valence-electron chi connectivity index (χ2n) is 5.07. The second-order valence-corrected chi connectivity index (χ2v) is 5.07. The van der Waals surface area contributed by atoms with Gasteiger partial charge in [-0.25, -0.2) is 4.98 Å². The minimum atomic E-state index is 0.00220. The predicted molar refractivity (Wildman–Crippen MR) is 78.1 cm³/mol. The Morgan fingerprint density at radius 2 is 2.25 bits per heavy atom. The molecule has 1 aromatic carbocycles. The van der Waals surface area contributed by atoms with Gasteiger partial charge in [0.1, 0.15) is 11.6 Å². The molecule has 0 radical (unpaired) electrons. The fourth-order valence-corrected chi connectivity index (χ4v) is 2.53. The van der Waals surface area contributed by atoms with Crippen molar-refractivity contribution in [1.82, 2.24) is 9.97 Å². The normalized spacial score (nSPS) is 13.2. The lowest BCUT2D eigenvalue weighted by molar-refractivity contribution is 0.317. The summed E-state index contributed by atoms with van der Waals surface area (Å²) >= 11 is 0. The largest absolute Gasteiger partial charge is 0.494 e. The van der Waals surface area contributed by atoms with Crippen LogP contribution in [0.15, 0.2) is 29.1 Å². The first kappa shape index (κ1) is 12.9. The number of H-pyrrole nitrogens is 1. The zero-order valence-electron chi connectivity index (χ0n) is 11.6. The molecule has 0 fully saturated rings. The Morgan fingerprint density at radius 1 is 1.35 bits per heavy atom. The maximum atomic E-state index is 12.0. The summed E-state index contributed by atoms with van der Waals surface area (Å²) in [6.45, 7) is 2.76. The summed E-state index contributed by atoms with van der Waals surface area (Å²) in [6, 6.07) is 7.71. The monoisotopic (exact) mass is 270 g/mol. The molecule has 4 nitrogen and oxygen atoms in total. The highest BCUT2D eigenvalue weighted by Crippen LogP contribution is 2.23. The number of fused-ring (bicyclic) bond motifs is 1. The SMILES string of the molecule is CCCOc1cccc(-c2nc3c(c(=O)[nH]2)CCC3)c1. The highest BCUT2D eigenvalue weighted by molar-refractivity contribution is 5.57. The molecule has 1 aliphatic rings. The summed E-state index contributed by atoms with van der Waals surface area (Å²) in [4.78, 5) is 19.5. The van der Waals surface area contributed by atoms with Crippen LogP contribution in [0.5, 0.6) is 5.75 Å². The van der Waals surface area contributed by atoms with Gasteiger partial charge < -0.3 is 9.72 Å². The van der Waals surface area contributed by atoms with Crippen LogP contribution in [0.4, 0.5) is 0 Å². The van der Waals surface area contributed by atoms with Gasteiger partial charge in [-0.05, 0) is 37.8 Å². The van der Waals surface area contributed by atoms with Crippen molar-refractivity contribution in [2.24, 2.45) is 0 Å². The molecular formula is C16H18N2O2. The van der Waals surface area contributed by atoms with Crippen LogP contribution in [0.3, 0.4) is 0 Å². The molecule has 4 heteroatoms. The number of rotatable bonds is 4. The van der Waals surface area contributed by atoms with Crippen LogP contribution in [-0.4, -0.2) is 16.6 Å². The molecule has 0 unspecified atom stereocenters. The number of nitrogens with one attached hydrogen (secondary N) is 1. The fraction of sp³-hybridized carbons (Fsp3) is 0.375. The number of benzene rings is 1. The average Bonchev–Trinajstić information content (AvgIpc) is 2.94. The van der Waals surface area contributed by atoms with Crippen molar-refractivity contribution < 1.29 is 4.74 Å². The van der Waals surface area contributed by atoms with Crippen molar-refractivity contribution in [3.8, 4) is 17.1 Å². The van der Waals surface area contributed by atoms with E-state index >= 15 is 0 Å². The van der Waals surface area contributed by atoms with Gasteiger partial charge in [0.2, 0.25) is 0 Å². The van der Waals surface area contributed by atoms with E-state index in [9.17, 15) is 4.79 Å². The van der Waals surface area contributed by atoms with Crippen LogP contribution in [-0.2, 0) is 12.8 Å². The number of hydrogen-bond donors (Lipinski definition) is 1. The molecule has 0 spiro atoms. The van der Waals surface area contributed by atoms with E-state index in [-0.39, 0.29) is 5.56 Å².